The number of benzene rings is 2. The van der Waals surface area contributed by atoms with Crippen molar-refractivity contribution >= 4 is 16.8 Å². The molecule has 2 aromatic heterocycles. The number of carbonyl (C=O) groups is 1. The van der Waals surface area contributed by atoms with E-state index < -0.39 is 28.7 Å². The van der Waals surface area contributed by atoms with Gasteiger partial charge in [0.05, 0.1) is 23.9 Å². The molecule has 4 aromatic rings. The van der Waals surface area contributed by atoms with Crippen molar-refractivity contribution < 1.29 is 28.5 Å². The highest BCUT2D eigenvalue weighted by atomic mass is 19.1. The maximum atomic E-state index is 15.7. The smallest absolute Gasteiger partial charge is 0.251 e. The molecule has 2 saturated carbocycles. The Balaban J connectivity index is 1.35. The lowest BCUT2D eigenvalue weighted by Crippen LogP contribution is -2.43. The Morgan fingerprint density at radius 1 is 1.05 bits per heavy atom. The molecule has 1 unspecified atom stereocenters. The van der Waals surface area contributed by atoms with Crippen LogP contribution in [0.5, 0.6) is 5.75 Å². The van der Waals surface area contributed by atoms with Crippen LogP contribution in [-0.4, -0.2) is 38.7 Å². The van der Waals surface area contributed by atoms with Crippen molar-refractivity contribution in [2.24, 2.45) is 5.92 Å². The van der Waals surface area contributed by atoms with Gasteiger partial charge in [0.2, 0.25) is 0 Å². The SMILES string of the molecule is Cc1cnc2c(OC3CC3)cc(C(=O)NCC(O)(c3cc(C(C)(C)O)c(F)c(-c4ccc(F)cc4)n3)C3CC3)cc2c1. The van der Waals surface area contributed by atoms with Crippen LogP contribution in [0.1, 0.15) is 66.7 Å². The molecule has 0 radical (unpaired) electrons. The number of carbonyl (C=O) groups excluding carboxylic acids is 1. The van der Waals surface area contributed by atoms with E-state index in [9.17, 15) is 19.4 Å². The summed E-state index contributed by atoms with van der Waals surface area (Å²) in [5.41, 5.74) is -0.999. The predicted molar refractivity (Wildman–Crippen MR) is 154 cm³/mol. The molecule has 2 fully saturated rings. The average molecular weight is 574 g/mol. The maximum Gasteiger partial charge on any atom is 0.251 e. The van der Waals surface area contributed by atoms with Crippen LogP contribution >= 0.6 is 0 Å². The zero-order valence-electron chi connectivity index (χ0n) is 23.7. The van der Waals surface area contributed by atoms with Crippen molar-refractivity contribution in [3.05, 3.63) is 88.7 Å². The number of ether oxygens (including phenoxy) is 1. The summed E-state index contributed by atoms with van der Waals surface area (Å²) in [4.78, 5) is 22.5. The number of hydrogen-bond donors (Lipinski definition) is 3. The molecule has 0 bridgehead atoms. The second kappa shape index (κ2) is 10.4. The highest BCUT2D eigenvalue weighted by Crippen LogP contribution is 2.46. The molecule has 2 heterocycles. The Kier molecular flexibility index (Phi) is 6.98. The number of fused-ring (bicyclic) bond motifs is 1. The molecule has 218 valence electrons. The zero-order valence-corrected chi connectivity index (χ0v) is 23.7. The molecule has 7 nitrogen and oxygen atoms in total. The van der Waals surface area contributed by atoms with Gasteiger partial charge >= 0.3 is 0 Å². The van der Waals surface area contributed by atoms with E-state index in [2.05, 4.69) is 15.3 Å². The zero-order chi connectivity index (χ0) is 29.8. The third-order valence-corrected chi connectivity index (χ3v) is 7.91. The minimum atomic E-state index is -1.64. The first-order chi connectivity index (χ1) is 19.9. The number of aromatic nitrogens is 2. The molecule has 3 N–H and O–H groups in total. The molecular weight excluding hydrogens is 540 g/mol. The third-order valence-electron chi connectivity index (χ3n) is 7.91. The van der Waals surface area contributed by atoms with Crippen LogP contribution in [0.2, 0.25) is 0 Å². The predicted octanol–water partition coefficient (Wildman–Crippen LogP) is 5.68. The number of hydrogen-bond acceptors (Lipinski definition) is 6. The Morgan fingerprint density at radius 3 is 2.40 bits per heavy atom. The van der Waals surface area contributed by atoms with Crippen molar-refractivity contribution in [3.8, 4) is 17.0 Å². The van der Waals surface area contributed by atoms with Gasteiger partial charge in [-0.1, -0.05) is 0 Å². The highest BCUT2D eigenvalue weighted by molar-refractivity contribution is 6.00. The van der Waals surface area contributed by atoms with Crippen molar-refractivity contribution in [2.75, 3.05) is 6.54 Å². The summed E-state index contributed by atoms with van der Waals surface area (Å²) in [6.07, 6.45) is 5.16. The van der Waals surface area contributed by atoms with Gasteiger partial charge in [-0.15, -0.1) is 0 Å². The Morgan fingerprint density at radius 2 is 1.76 bits per heavy atom. The van der Waals surface area contributed by atoms with Gasteiger partial charge in [-0.05, 0) is 106 Å². The van der Waals surface area contributed by atoms with E-state index in [4.69, 9.17) is 4.74 Å². The maximum absolute atomic E-state index is 15.7. The van der Waals surface area contributed by atoms with Crippen LogP contribution in [0.4, 0.5) is 8.78 Å². The number of nitrogens with zero attached hydrogens (tertiary/aromatic N) is 2. The molecule has 1 atom stereocenters. The van der Waals surface area contributed by atoms with Gasteiger partial charge in [-0.3, -0.25) is 9.78 Å². The van der Waals surface area contributed by atoms with E-state index in [0.717, 1.165) is 23.8 Å². The topological polar surface area (TPSA) is 105 Å². The molecule has 2 aliphatic carbocycles. The number of amides is 1. The molecule has 0 spiro atoms. The van der Waals surface area contributed by atoms with Crippen LogP contribution in [0.15, 0.2) is 54.7 Å². The normalized spacial score (nSPS) is 16.7. The molecule has 1 amide bonds. The summed E-state index contributed by atoms with van der Waals surface area (Å²) >= 11 is 0. The first-order valence-electron chi connectivity index (χ1n) is 14.2. The van der Waals surface area contributed by atoms with Gasteiger partial charge in [0.15, 0.2) is 5.82 Å². The van der Waals surface area contributed by atoms with Crippen molar-refractivity contribution in [2.45, 2.75) is 63.8 Å². The van der Waals surface area contributed by atoms with E-state index in [1.807, 2.05) is 13.0 Å². The van der Waals surface area contributed by atoms with Gasteiger partial charge in [-0.2, -0.15) is 0 Å². The van der Waals surface area contributed by atoms with Crippen LogP contribution in [-0.2, 0) is 11.2 Å². The highest BCUT2D eigenvalue weighted by Gasteiger charge is 2.47. The average Bonchev–Trinajstić information content (AvgIpc) is 3.86. The second-order valence-corrected chi connectivity index (χ2v) is 12.0. The fourth-order valence-corrected chi connectivity index (χ4v) is 5.23. The van der Waals surface area contributed by atoms with E-state index in [1.165, 1.54) is 44.2 Å². The Labute approximate surface area is 242 Å². The quantitative estimate of drug-likeness (QED) is 0.238. The molecular formula is C33H33F2N3O4. The minimum absolute atomic E-state index is 0.0588. The summed E-state index contributed by atoms with van der Waals surface area (Å²) in [7, 11) is 0. The molecule has 2 aromatic carbocycles. The fourth-order valence-electron chi connectivity index (χ4n) is 5.23. The lowest BCUT2D eigenvalue weighted by molar-refractivity contribution is 0.00864. The Hall–Kier alpha value is -3.95. The summed E-state index contributed by atoms with van der Waals surface area (Å²) in [5.74, 6) is -1.36. The van der Waals surface area contributed by atoms with Crippen molar-refractivity contribution in [1.82, 2.24) is 15.3 Å². The standard InChI is InChI=1S/C33H33F2N3O4/c1-18-12-20-13-21(14-26(29(20)36-16-18)42-24-10-11-24)31(39)37-17-33(41,22-6-7-22)27-15-25(32(2,3)40)28(35)30(38-27)19-4-8-23(34)9-5-19/h4-5,8-9,12-16,22,24,40-41H,6-7,10-11,17H2,1-3H3,(H,37,39). The summed E-state index contributed by atoms with van der Waals surface area (Å²) < 4.78 is 35.4. The number of rotatable bonds is 9. The van der Waals surface area contributed by atoms with Crippen molar-refractivity contribution in [3.63, 3.8) is 0 Å². The number of aryl methyl sites for hydroxylation is 1. The monoisotopic (exact) mass is 573 g/mol. The molecule has 6 rings (SSSR count). The number of pyridine rings is 2. The lowest BCUT2D eigenvalue weighted by atomic mass is 9.87. The fraction of sp³-hybridized carbons (Fsp3) is 0.364. The molecule has 2 aliphatic rings. The minimum Gasteiger partial charge on any atom is -0.488 e. The largest absolute Gasteiger partial charge is 0.488 e. The lowest BCUT2D eigenvalue weighted by Gasteiger charge is -2.31. The van der Waals surface area contributed by atoms with Gasteiger partial charge in [0.1, 0.15) is 28.4 Å². The summed E-state index contributed by atoms with van der Waals surface area (Å²) in [5, 5.41) is 26.5. The first-order valence-corrected chi connectivity index (χ1v) is 14.2. The van der Waals surface area contributed by atoms with E-state index in [0.29, 0.717) is 35.2 Å². The molecule has 0 aliphatic heterocycles. The summed E-state index contributed by atoms with van der Waals surface area (Å²) in [6.45, 7) is 4.62. The van der Waals surface area contributed by atoms with Crippen molar-refractivity contribution in [1.29, 1.82) is 0 Å². The number of aliphatic hydroxyl groups is 2. The van der Waals surface area contributed by atoms with Gasteiger partial charge in [-0.25, -0.2) is 13.8 Å². The molecule has 42 heavy (non-hydrogen) atoms. The van der Waals surface area contributed by atoms with E-state index in [1.54, 1.807) is 18.3 Å². The number of nitrogens with one attached hydrogen (secondary N) is 1. The van der Waals surface area contributed by atoms with E-state index in [-0.39, 0.29) is 35.5 Å². The van der Waals surface area contributed by atoms with Crippen LogP contribution in [0.25, 0.3) is 22.2 Å². The second-order valence-electron chi connectivity index (χ2n) is 12.0. The number of halogens is 2. The first kappa shape index (κ1) is 28.2. The van der Waals surface area contributed by atoms with Crippen LogP contribution in [0.3, 0.4) is 0 Å². The van der Waals surface area contributed by atoms with Gasteiger partial charge in [0.25, 0.3) is 5.91 Å². The Bertz CT molecular complexity index is 1680. The van der Waals surface area contributed by atoms with Gasteiger partial charge in [0, 0.05) is 28.3 Å². The van der Waals surface area contributed by atoms with Crippen LogP contribution < -0.4 is 10.1 Å². The summed E-state index contributed by atoms with van der Waals surface area (Å²) in [6, 6.07) is 11.9. The van der Waals surface area contributed by atoms with Gasteiger partial charge < -0.3 is 20.3 Å². The third kappa shape index (κ3) is 5.58. The molecule has 9 heteroatoms. The van der Waals surface area contributed by atoms with Crippen LogP contribution in [0, 0.1) is 24.5 Å². The molecule has 0 saturated heterocycles. The van der Waals surface area contributed by atoms with E-state index >= 15 is 4.39 Å².